The summed E-state index contributed by atoms with van der Waals surface area (Å²) >= 11 is 6.09. The predicted molar refractivity (Wildman–Crippen MR) is 93.3 cm³/mol. The summed E-state index contributed by atoms with van der Waals surface area (Å²) < 4.78 is 0. The third kappa shape index (κ3) is 5.21. The summed E-state index contributed by atoms with van der Waals surface area (Å²) in [6.07, 6.45) is 0.937. The molecule has 0 saturated carbocycles. The number of rotatable bonds is 6. The Morgan fingerprint density at radius 2 is 2.00 bits per heavy atom. The summed E-state index contributed by atoms with van der Waals surface area (Å²) in [5, 5.41) is 14.6. The van der Waals surface area contributed by atoms with Crippen molar-refractivity contribution in [1.29, 1.82) is 0 Å². The summed E-state index contributed by atoms with van der Waals surface area (Å²) in [5.74, 6) is 0.904. The Morgan fingerprint density at radius 1 is 1.22 bits per heavy atom. The highest BCUT2D eigenvalue weighted by atomic mass is 35.5. The number of carbonyl (C=O) groups is 1. The zero-order valence-corrected chi connectivity index (χ0v) is 14.3. The van der Waals surface area contributed by atoms with Crippen LogP contribution in [0.3, 0.4) is 0 Å². The van der Waals surface area contributed by atoms with Gasteiger partial charge in [-0.1, -0.05) is 31.5 Å². The Labute approximate surface area is 141 Å². The van der Waals surface area contributed by atoms with Crippen LogP contribution in [-0.4, -0.2) is 22.6 Å². The van der Waals surface area contributed by atoms with Gasteiger partial charge >= 0.3 is 0 Å². The minimum absolute atomic E-state index is 0.205. The number of carbonyl (C=O) groups excluding carboxylic acids is 1. The molecule has 5 nitrogen and oxygen atoms in total. The van der Waals surface area contributed by atoms with Crippen LogP contribution in [0.15, 0.2) is 30.3 Å². The van der Waals surface area contributed by atoms with Gasteiger partial charge < -0.3 is 10.6 Å². The van der Waals surface area contributed by atoms with Crippen LogP contribution in [0.25, 0.3) is 0 Å². The molecule has 6 heteroatoms. The van der Waals surface area contributed by atoms with Crippen molar-refractivity contribution >= 4 is 29.0 Å². The molecule has 23 heavy (non-hydrogen) atoms. The highest BCUT2D eigenvalue weighted by Gasteiger charge is 2.08. The molecule has 0 saturated heterocycles. The third-order valence-electron chi connectivity index (χ3n) is 3.35. The van der Waals surface area contributed by atoms with Crippen LogP contribution in [0.4, 0.5) is 11.5 Å². The van der Waals surface area contributed by atoms with E-state index < -0.39 is 0 Å². The Hall–Kier alpha value is -2.14. The number of amides is 1. The van der Waals surface area contributed by atoms with Gasteiger partial charge in [-0.15, -0.1) is 10.2 Å². The molecule has 0 aliphatic heterocycles. The molecule has 2 N–H and O–H groups in total. The van der Waals surface area contributed by atoms with E-state index in [0.717, 1.165) is 17.7 Å². The van der Waals surface area contributed by atoms with E-state index in [1.54, 1.807) is 12.1 Å². The van der Waals surface area contributed by atoms with E-state index in [1.807, 2.05) is 25.1 Å². The first-order chi connectivity index (χ1) is 11.0. The second kappa shape index (κ2) is 7.92. The number of aryl methyl sites for hydroxylation is 1. The first-order valence-electron chi connectivity index (χ1n) is 7.61. The van der Waals surface area contributed by atoms with Gasteiger partial charge in [-0.05, 0) is 49.1 Å². The largest absolute Gasteiger partial charge is 0.351 e. The summed E-state index contributed by atoms with van der Waals surface area (Å²) in [7, 11) is 0. The van der Waals surface area contributed by atoms with Gasteiger partial charge in [0.1, 0.15) is 0 Å². The van der Waals surface area contributed by atoms with Gasteiger partial charge in [0.05, 0.1) is 0 Å². The maximum atomic E-state index is 11.9. The van der Waals surface area contributed by atoms with Crippen LogP contribution in [0.5, 0.6) is 0 Å². The molecule has 1 amide bonds. The van der Waals surface area contributed by atoms with Crippen molar-refractivity contribution in [3.05, 3.63) is 46.6 Å². The molecule has 0 radical (unpaired) electrons. The molecule has 0 aliphatic carbocycles. The van der Waals surface area contributed by atoms with E-state index >= 15 is 0 Å². The molecule has 0 atom stereocenters. The Bertz CT molecular complexity index is 671. The molecule has 0 bridgehead atoms. The molecular formula is C17H21ClN4O. The first kappa shape index (κ1) is 17.2. The van der Waals surface area contributed by atoms with Crippen molar-refractivity contribution in [3.63, 3.8) is 0 Å². The van der Waals surface area contributed by atoms with Crippen molar-refractivity contribution in [3.8, 4) is 0 Å². The summed E-state index contributed by atoms with van der Waals surface area (Å²) in [6, 6.07) is 9.03. The van der Waals surface area contributed by atoms with E-state index in [2.05, 4.69) is 34.7 Å². The standard InChI is InChI=1S/C17H21ClN4O/c1-11(2)8-9-19-17(23)15-6-7-16(22-21-15)20-13-5-4-12(3)14(18)10-13/h4-7,10-11H,8-9H2,1-3H3,(H,19,23)(H,20,22). The zero-order chi connectivity index (χ0) is 16.8. The fraction of sp³-hybridized carbons (Fsp3) is 0.353. The quantitative estimate of drug-likeness (QED) is 0.840. The summed E-state index contributed by atoms with van der Waals surface area (Å²) in [4.78, 5) is 11.9. The maximum Gasteiger partial charge on any atom is 0.271 e. The number of halogens is 1. The average molecular weight is 333 g/mol. The second-order valence-corrected chi connectivity index (χ2v) is 6.24. The first-order valence-corrected chi connectivity index (χ1v) is 7.98. The lowest BCUT2D eigenvalue weighted by Crippen LogP contribution is -2.26. The number of nitrogens with one attached hydrogen (secondary N) is 2. The highest BCUT2D eigenvalue weighted by Crippen LogP contribution is 2.22. The molecule has 2 rings (SSSR count). The summed E-state index contributed by atoms with van der Waals surface area (Å²) in [6.45, 7) is 6.81. The Morgan fingerprint density at radius 3 is 2.61 bits per heavy atom. The average Bonchev–Trinajstić information content (AvgIpc) is 2.51. The van der Waals surface area contributed by atoms with Crippen molar-refractivity contribution in [2.75, 3.05) is 11.9 Å². The van der Waals surface area contributed by atoms with E-state index in [9.17, 15) is 4.79 Å². The monoisotopic (exact) mass is 332 g/mol. The number of hydrogen-bond acceptors (Lipinski definition) is 4. The van der Waals surface area contributed by atoms with Gasteiger partial charge in [0.15, 0.2) is 11.5 Å². The van der Waals surface area contributed by atoms with Crippen molar-refractivity contribution in [2.24, 2.45) is 5.92 Å². The van der Waals surface area contributed by atoms with Crippen LogP contribution in [0, 0.1) is 12.8 Å². The van der Waals surface area contributed by atoms with Gasteiger partial charge in [0.25, 0.3) is 5.91 Å². The van der Waals surface area contributed by atoms with Gasteiger partial charge in [0, 0.05) is 17.3 Å². The minimum atomic E-state index is -0.205. The number of anilines is 2. The lowest BCUT2D eigenvalue weighted by molar-refractivity contribution is 0.0946. The normalized spacial score (nSPS) is 10.7. The number of hydrogen-bond donors (Lipinski definition) is 2. The minimum Gasteiger partial charge on any atom is -0.351 e. The van der Waals surface area contributed by atoms with Crippen LogP contribution in [0.2, 0.25) is 5.02 Å². The van der Waals surface area contributed by atoms with Gasteiger partial charge in [-0.3, -0.25) is 4.79 Å². The van der Waals surface area contributed by atoms with E-state index in [1.165, 1.54) is 0 Å². The zero-order valence-electron chi connectivity index (χ0n) is 13.6. The van der Waals surface area contributed by atoms with Crippen molar-refractivity contribution < 1.29 is 4.79 Å². The van der Waals surface area contributed by atoms with E-state index in [-0.39, 0.29) is 5.91 Å². The number of benzene rings is 1. The fourth-order valence-electron chi connectivity index (χ4n) is 1.90. The molecule has 1 aromatic heterocycles. The molecule has 0 aliphatic rings. The lowest BCUT2D eigenvalue weighted by atomic mass is 10.1. The van der Waals surface area contributed by atoms with E-state index in [0.29, 0.717) is 29.0 Å². The highest BCUT2D eigenvalue weighted by molar-refractivity contribution is 6.31. The van der Waals surface area contributed by atoms with Gasteiger partial charge in [0.2, 0.25) is 0 Å². The molecule has 0 spiro atoms. The second-order valence-electron chi connectivity index (χ2n) is 5.83. The SMILES string of the molecule is Cc1ccc(Nc2ccc(C(=O)NCCC(C)C)nn2)cc1Cl. The van der Waals surface area contributed by atoms with Crippen molar-refractivity contribution in [2.45, 2.75) is 27.2 Å². The fourth-order valence-corrected chi connectivity index (χ4v) is 2.08. The smallest absolute Gasteiger partial charge is 0.271 e. The number of nitrogens with zero attached hydrogens (tertiary/aromatic N) is 2. The summed E-state index contributed by atoms with van der Waals surface area (Å²) in [5.41, 5.74) is 2.14. The molecule has 0 unspecified atom stereocenters. The molecule has 1 heterocycles. The van der Waals surface area contributed by atoms with Crippen LogP contribution < -0.4 is 10.6 Å². The maximum absolute atomic E-state index is 11.9. The lowest BCUT2D eigenvalue weighted by Gasteiger charge is -2.08. The molecule has 0 fully saturated rings. The Balaban J connectivity index is 1.96. The molecule has 1 aromatic carbocycles. The van der Waals surface area contributed by atoms with Gasteiger partial charge in [-0.25, -0.2) is 0 Å². The molecular weight excluding hydrogens is 312 g/mol. The van der Waals surface area contributed by atoms with Crippen LogP contribution >= 0.6 is 11.6 Å². The topological polar surface area (TPSA) is 66.9 Å². The predicted octanol–water partition coefficient (Wildman–Crippen LogP) is 3.96. The van der Waals surface area contributed by atoms with Crippen LogP contribution in [0.1, 0.15) is 36.3 Å². The van der Waals surface area contributed by atoms with Crippen LogP contribution in [-0.2, 0) is 0 Å². The Kier molecular flexibility index (Phi) is 5.93. The number of aromatic nitrogens is 2. The molecule has 2 aromatic rings. The third-order valence-corrected chi connectivity index (χ3v) is 3.76. The van der Waals surface area contributed by atoms with Gasteiger partial charge in [-0.2, -0.15) is 0 Å². The molecule has 122 valence electrons. The van der Waals surface area contributed by atoms with Crippen molar-refractivity contribution in [1.82, 2.24) is 15.5 Å². The van der Waals surface area contributed by atoms with E-state index in [4.69, 9.17) is 11.6 Å².